The summed E-state index contributed by atoms with van der Waals surface area (Å²) in [6.45, 7) is 1.88. The molecule has 11 nitrogen and oxygen atoms in total. The molecule has 0 bridgehead atoms. The molecule has 1 saturated heterocycles. The lowest BCUT2D eigenvalue weighted by Gasteiger charge is -2.29. The van der Waals surface area contributed by atoms with E-state index in [0.717, 1.165) is 34.2 Å². The van der Waals surface area contributed by atoms with Crippen molar-refractivity contribution in [1.82, 2.24) is 20.2 Å². The first-order valence-electron chi connectivity index (χ1n) is 16.2. The second kappa shape index (κ2) is 13.2. The van der Waals surface area contributed by atoms with E-state index in [2.05, 4.69) is 20.0 Å². The number of aromatic nitrogens is 2. The predicted molar refractivity (Wildman–Crippen MR) is 187 cm³/mol. The Balaban J connectivity index is 1.12. The number of carbonyl (C=O) groups excluding carboxylic acids is 4. The Hall–Kier alpha value is -5.70. The quantitative estimate of drug-likeness (QED) is 0.114. The van der Waals surface area contributed by atoms with Gasteiger partial charge in [0, 0.05) is 47.4 Å². The fourth-order valence-corrected chi connectivity index (χ4v) is 7.64. The molecule has 3 aromatic carbocycles. The number of carbonyl (C=O) groups is 4. The summed E-state index contributed by atoms with van der Waals surface area (Å²) in [6, 6.07) is 15.5. The molecule has 2 aliphatic rings. The first kappa shape index (κ1) is 33.8. The second-order valence-corrected chi connectivity index (χ2v) is 14.2. The fourth-order valence-electron chi connectivity index (χ4n) is 6.51. The lowest BCUT2D eigenvalue weighted by molar-refractivity contribution is -0.136. The number of sulfonamides is 1. The molecule has 4 heterocycles. The number of H-pyrrole nitrogens is 1. The molecule has 1 unspecified atom stereocenters. The first-order valence-corrected chi connectivity index (χ1v) is 17.8. The van der Waals surface area contributed by atoms with Gasteiger partial charge in [-0.25, -0.2) is 22.2 Å². The van der Waals surface area contributed by atoms with Crippen LogP contribution in [0.4, 0.5) is 14.5 Å². The number of hydrogen-bond donors (Lipinski definition) is 3. The largest absolute Gasteiger partial charge is 0.345 e. The van der Waals surface area contributed by atoms with Gasteiger partial charge in [-0.1, -0.05) is 54.2 Å². The molecular weight excluding hydrogens is 679 g/mol. The fraction of sp³-hybridized carbons (Fsp3) is 0.194. The van der Waals surface area contributed by atoms with Crippen molar-refractivity contribution in [3.8, 4) is 11.1 Å². The Morgan fingerprint density at radius 2 is 1.84 bits per heavy atom. The number of benzene rings is 3. The van der Waals surface area contributed by atoms with Crippen LogP contribution < -0.4 is 21.0 Å². The number of fused-ring (bicyclic) bond motifs is 2. The molecule has 3 N–H and O–H groups in total. The topological polar surface area (TPSA) is 158 Å². The van der Waals surface area contributed by atoms with Crippen molar-refractivity contribution < 1.29 is 36.4 Å². The van der Waals surface area contributed by atoms with Crippen LogP contribution in [-0.4, -0.2) is 65.9 Å². The van der Waals surface area contributed by atoms with E-state index in [1.165, 1.54) is 11.1 Å². The zero-order chi connectivity index (χ0) is 36.0. The van der Waals surface area contributed by atoms with Crippen LogP contribution >= 0.6 is 0 Å². The third-order valence-electron chi connectivity index (χ3n) is 9.02. The minimum Gasteiger partial charge on any atom is -0.345 e. The average molecular weight is 709 g/mol. The Morgan fingerprint density at radius 3 is 2.59 bits per heavy atom. The van der Waals surface area contributed by atoms with Crippen LogP contribution in [0.5, 0.6) is 0 Å². The van der Waals surface area contributed by atoms with Crippen LogP contribution in [0.25, 0.3) is 22.2 Å². The Kier molecular flexibility index (Phi) is 8.75. The summed E-state index contributed by atoms with van der Waals surface area (Å²) in [5, 5.41) is 2.63. The van der Waals surface area contributed by atoms with Crippen LogP contribution in [0.1, 0.15) is 58.0 Å². The molecule has 2 aromatic heterocycles. The molecule has 0 aliphatic carbocycles. The minimum absolute atomic E-state index is 0.0468. The molecule has 1 radical (unpaired) electrons. The summed E-state index contributed by atoms with van der Waals surface area (Å²) < 4.78 is 56.9. The Labute approximate surface area is 291 Å². The number of imide groups is 1. The maximum Gasteiger partial charge on any atom is 0.255 e. The predicted octanol–water partition coefficient (Wildman–Crippen LogP) is 3.31. The van der Waals surface area contributed by atoms with Gasteiger partial charge in [0.2, 0.25) is 27.6 Å². The lowest BCUT2D eigenvalue weighted by Crippen LogP contribution is -2.52. The van der Waals surface area contributed by atoms with E-state index in [1.807, 2.05) is 37.6 Å². The van der Waals surface area contributed by atoms with Crippen molar-refractivity contribution in [2.75, 3.05) is 10.5 Å². The number of aromatic amines is 1. The number of rotatable bonds is 10. The van der Waals surface area contributed by atoms with E-state index in [4.69, 9.17) is 0 Å². The molecule has 2 aliphatic heterocycles. The molecule has 0 saturated carbocycles. The molecule has 51 heavy (non-hydrogen) atoms. The summed E-state index contributed by atoms with van der Waals surface area (Å²) in [6.07, 6.45) is 3.62. The van der Waals surface area contributed by atoms with Gasteiger partial charge in [0.15, 0.2) is 13.1 Å². The molecule has 0 spiro atoms. The van der Waals surface area contributed by atoms with Crippen molar-refractivity contribution >= 4 is 68.5 Å². The van der Waals surface area contributed by atoms with Crippen LogP contribution in [-0.2, 0) is 26.2 Å². The van der Waals surface area contributed by atoms with Crippen molar-refractivity contribution in [2.24, 2.45) is 0 Å². The highest BCUT2D eigenvalue weighted by Gasteiger charge is 2.39. The average Bonchev–Trinajstić information content (AvgIpc) is 3.67. The van der Waals surface area contributed by atoms with E-state index in [-0.39, 0.29) is 48.9 Å². The number of ketones is 1. The van der Waals surface area contributed by atoms with Gasteiger partial charge in [-0.2, -0.15) is 0 Å². The van der Waals surface area contributed by atoms with E-state index in [1.54, 1.807) is 31.3 Å². The smallest absolute Gasteiger partial charge is 0.255 e. The molecule has 1 atom stereocenters. The SMILES string of the molecule is CCCS(=O)(=O)Nc1ccc(F)c(C(=O)c2c[nH]c3ncc(-c4ccc([B]c5cccc6c5CN(C5CCC(=O)NC5=O)C6=O)cc4)cc23)c1F. The molecule has 1 fully saturated rings. The number of piperidine rings is 1. The monoisotopic (exact) mass is 708 g/mol. The van der Waals surface area contributed by atoms with E-state index >= 15 is 4.39 Å². The Bertz CT molecular complexity index is 2380. The van der Waals surface area contributed by atoms with E-state index < -0.39 is 50.6 Å². The van der Waals surface area contributed by atoms with Crippen molar-refractivity contribution in [1.29, 1.82) is 0 Å². The summed E-state index contributed by atoms with van der Waals surface area (Å²) in [7, 11) is -1.98. The highest BCUT2D eigenvalue weighted by atomic mass is 32.2. The first-order chi connectivity index (χ1) is 24.4. The number of halogens is 2. The van der Waals surface area contributed by atoms with Crippen LogP contribution in [0, 0.1) is 11.6 Å². The molecule has 3 amide bonds. The zero-order valence-corrected chi connectivity index (χ0v) is 27.9. The highest BCUT2D eigenvalue weighted by molar-refractivity contribution is 7.92. The normalized spacial score (nSPS) is 15.9. The number of pyridine rings is 1. The standard InChI is InChI=1S/C36H29BF2N5O6S/c1-2-14-51(49,50)43-28-11-10-27(38)31(32(28)39)33(46)24-17-41-34-23(24)15-20(16-40-34)19-6-8-21(9-7-19)37-26-5-3-4-22-25(26)18-44(36(22)48)29-12-13-30(45)42-35(29)47/h3-11,15-17,29,43H,2,12-14,18H2,1H3,(H,40,41)(H,42,45,47). The zero-order valence-electron chi connectivity index (χ0n) is 27.1. The number of nitrogens with one attached hydrogen (secondary N) is 3. The van der Waals surface area contributed by atoms with Crippen molar-refractivity contribution in [3.05, 3.63) is 107 Å². The maximum atomic E-state index is 15.4. The molecule has 257 valence electrons. The van der Waals surface area contributed by atoms with Crippen LogP contribution in [0.15, 0.2) is 73.1 Å². The van der Waals surface area contributed by atoms with E-state index in [0.29, 0.717) is 22.2 Å². The third-order valence-corrected chi connectivity index (χ3v) is 10.5. The number of amides is 3. The number of hydrogen-bond acceptors (Lipinski definition) is 7. The minimum atomic E-state index is -3.90. The van der Waals surface area contributed by atoms with Gasteiger partial charge in [0.25, 0.3) is 5.91 Å². The summed E-state index contributed by atoms with van der Waals surface area (Å²) in [4.78, 5) is 59.6. The van der Waals surface area contributed by atoms with Gasteiger partial charge in [-0.05, 0) is 48.2 Å². The Morgan fingerprint density at radius 1 is 1.06 bits per heavy atom. The molecule has 7 rings (SSSR count). The van der Waals surface area contributed by atoms with Gasteiger partial charge >= 0.3 is 0 Å². The molecular formula is C36H29BF2N5O6S. The summed E-state index contributed by atoms with van der Waals surface area (Å²) in [5.74, 6) is -4.80. The highest BCUT2D eigenvalue weighted by Crippen LogP contribution is 2.30. The summed E-state index contributed by atoms with van der Waals surface area (Å²) >= 11 is 0. The second-order valence-electron chi connectivity index (χ2n) is 12.4. The van der Waals surface area contributed by atoms with Gasteiger partial charge in [-0.15, -0.1) is 0 Å². The van der Waals surface area contributed by atoms with Gasteiger partial charge in [0.05, 0.1) is 17.0 Å². The molecule has 5 aromatic rings. The lowest BCUT2D eigenvalue weighted by atomic mass is 9.62. The van der Waals surface area contributed by atoms with Crippen LogP contribution in [0.3, 0.4) is 0 Å². The number of nitrogens with zero attached hydrogens (tertiary/aromatic N) is 2. The molecule has 15 heteroatoms. The van der Waals surface area contributed by atoms with Gasteiger partial charge in [-0.3, -0.25) is 29.2 Å². The van der Waals surface area contributed by atoms with Crippen molar-refractivity contribution in [3.63, 3.8) is 0 Å². The van der Waals surface area contributed by atoms with E-state index in [9.17, 15) is 32.0 Å². The number of anilines is 1. The van der Waals surface area contributed by atoms with Crippen molar-refractivity contribution in [2.45, 2.75) is 38.8 Å². The summed E-state index contributed by atoms with van der Waals surface area (Å²) in [5.41, 5.74) is 3.13. The van der Waals surface area contributed by atoms with Gasteiger partial charge in [0.1, 0.15) is 17.5 Å². The van der Waals surface area contributed by atoms with Crippen LogP contribution in [0.2, 0.25) is 0 Å². The van der Waals surface area contributed by atoms with Gasteiger partial charge < -0.3 is 9.88 Å². The third kappa shape index (κ3) is 6.40. The maximum absolute atomic E-state index is 15.4.